The lowest BCUT2D eigenvalue weighted by Crippen LogP contribution is -2.44. The minimum Gasteiger partial charge on any atom is -0.360 e. The zero-order valence-electron chi connectivity index (χ0n) is 16.9. The number of carbonyl (C=O) groups excluding carboxylic acids is 2. The molecule has 2 saturated heterocycles. The normalized spacial score (nSPS) is 29.0. The maximum atomic E-state index is 13.3. The van der Waals surface area contributed by atoms with Crippen molar-refractivity contribution in [2.75, 3.05) is 13.6 Å². The predicted molar refractivity (Wildman–Crippen MR) is 105 cm³/mol. The standard InChI is InChI=1S/C22H23FN4O3/c1-25-10-9-24-17(25)12-26(2)20(28)18-16-7-8-22(30-16)13-27(21(29)19(18)22)11-14-3-5-15(23)6-4-14/h3-10,16,18-19H,11-13H2,1-2H3/t16-,18+,19+,22-/m0/s1. The number of fused-ring (bicyclic) bond motifs is 1. The molecule has 1 aromatic carbocycles. The first-order valence-electron chi connectivity index (χ1n) is 9.99. The highest BCUT2D eigenvalue weighted by molar-refractivity contribution is 5.93. The van der Waals surface area contributed by atoms with E-state index in [1.54, 1.807) is 35.2 Å². The maximum absolute atomic E-state index is 13.3. The summed E-state index contributed by atoms with van der Waals surface area (Å²) in [4.78, 5) is 34.2. The lowest BCUT2D eigenvalue weighted by Gasteiger charge is -2.27. The third kappa shape index (κ3) is 2.86. The van der Waals surface area contributed by atoms with Crippen molar-refractivity contribution >= 4 is 11.8 Å². The van der Waals surface area contributed by atoms with E-state index in [0.29, 0.717) is 19.6 Å². The summed E-state index contributed by atoms with van der Waals surface area (Å²) in [7, 11) is 3.61. The lowest BCUT2D eigenvalue weighted by atomic mass is 9.76. The number of carbonyl (C=O) groups is 2. The maximum Gasteiger partial charge on any atom is 0.230 e. The monoisotopic (exact) mass is 410 g/mol. The van der Waals surface area contributed by atoms with Crippen LogP contribution in [0.2, 0.25) is 0 Å². The number of ether oxygens (including phenoxy) is 1. The molecule has 1 spiro atoms. The Balaban J connectivity index is 1.36. The van der Waals surface area contributed by atoms with Gasteiger partial charge in [-0.25, -0.2) is 9.37 Å². The van der Waals surface area contributed by atoms with E-state index >= 15 is 0 Å². The number of amides is 2. The van der Waals surface area contributed by atoms with Gasteiger partial charge in [0.2, 0.25) is 11.8 Å². The highest BCUT2D eigenvalue weighted by Gasteiger charge is 2.67. The highest BCUT2D eigenvalue weighted by atomic mass is 19.1. The Morgan fingerprint density at radius 1 is 1.37 bits per heavy atom. The van der Waals surface area contributed by atoms with Crippen molar-refractivity contribution in [2.45, 2.75) is 24.8 Å². The average molecular weight is 410 g/mol. The van der Waals surface area contributed by atoms with Crippen molar-refractivity contribution < 1.29 is 18.7 Å². The van der Waals surface area contributed by atoms with Crippen LogP contribution in [-0.2, 0) is 34.5 Å². The van der Waals surface area contributed by atoms with E-state index in [0.717, 1.165) is 11.4 Å². The number of nitrogens with zero attached hydrogens (tertiary/aromatic N) is 4. The van der Waals surface area contributed by atoms with E-state index in [1.807, 2.05) is 30.0 Å². The van der Waals surface area contributed by atoms with Gasteiger partial charge in [-0.1, -0.05) is 24.3 Å². The average Bonchev–Trinajstić information content (AvgIpc) is 3.46. The van der Waals surface area contributed by atoms with Crippen molar-refractivity contribution in [1.82, 2.24) is 19.4 Å². The molecule has 0 N–H and O–H groups in total. The highest BCUT2D eigenvalue weighted by Crippen LogP contribution is 2.52. The molecule has 1 aromatic heterocycles. The molecule has 0 aliphatic carbocycles. The summed E-state index contributed by atoms with van der Waals surface area (Å²) in [6.45, 7) is 1.12. The molecule has 2 amide bonds. The number of hydrogen-bond acceptors (Lipinski definition) is 4. The Hall–Kier alpha value is -3.00. The first kappa shape index (κ1) is 19.0. The van der Waals surface area contributed by atoms with E-state index in [2.05, 4.69) is 4.98 Å². The van der Waals surface area contributed by atoms with E-state index < -0.39 is 17.4 Å². The van der Waals surface area contributed by atoms with Gasteiger partial charge in [-0.3, -0.25) is 9.59 Å². The third-order valence-corrected chi connectivity index (χ3v) is 6.43. The van der Waals surface area contributed by atoms with Crippen LogP contribution in [0.5, 0.6) is 0 Å². The second kappa shape index (κ2) is 6.77. The van der Waals surface area contributed by atoms with Crippen LogP contribution in [0, 0.1) is 17.7 Å². The summed E-state index contributed by atoms with van der Waals surface area (Å²) >= 11 is 0. The van der Waals surface area contributed by atoms with Gasteiger partial charge in [0.05, 0.1) is 31.0 Å². The molecule has 2 bridgehead atoms. The fourth-order valence-corrected chi connectivity index (χ4v) is 4.90. The molecule has 5 rings (SSSR count). The SMILES string of the molecule is CN(Cc1nccn1C)C(=O)[C@@H]1[C@@H]2C=C[C@@]3(CN(Cc4ccc(F)cc4)C(=O)[C@@H]13)O2. The summed E-state index contributed by atoms with van der Waals surface area (Å²) < 4.78 is 21.3. The van der Waals surface area contributed by atoms with E-state index in [9.17, 15) is 14.0 Å². The number of halogens is 1. The fraction of sp³-hybridized carbons (Fsp3) is 0.409. The Kier molecular flexibility index (Phi) is 4.28. The van der Waals surface area contributed by atoms with Crippen molar-refractivity contribution in [3.8, 4) is 0 Å². The van der Waals surface area contributed by atoms with E-state index in [4.69, 9.17) is 4.74 Å². The number of rotatable bonds is 5. The lowest BCUT2D eigenvalue weighted by molar-refractivity contribution is -0.143. The first-order valence-corrected chi connectivity index (χ1v) is 9.99. The summed E-state index contributed by atoms with van der Waals surface area (Å²) in [5.74, 6) is -0.828. The van der Waals surface area contributed by atoms with Crippen LogP contribution in [0.3, 0.4) is 0 Å². The molecule has 0 saturated carbocycles. The minimum atomic E-state index is -0.758. The van der Waals surface area contributed by atoms with Gasteiger partial charge in [0, 0.05) is 33.0 Å². The van der Waals surface area contributed by atoms with Gasteiger partial charge in [0.1, 0.15) is 17.2 Å². The predicted octanol–water partition coefficient (Wildman–Crippen LogP) is 1.50. The third-order valence-electron chi connectivity index (χ3n) is 6.43. The molecular weight excluding hydrogens is 387 g/mol. The van der Waals surface area contributed by atoms with Gasteiger partial charge in [-0.05, 0) is 17.7 Å². The fourth-order valence-electron chi connectivity index (χ4n) is 4.90. The molecule has 3 aliphatic heterocycles. The molecule has 7 nitrogen and oxygen atoms in total. The topological polar surface area (TPSA) is 67.7 Å². The number of aryl methyl sites for hydroxylation is 1. The number of hydrogen-bond donors (Lipinski definition) is 0. The van der Waals surface area contributed by atoms with E-state index in [1.165, 1.54) is 12.1 Å². The van der Waals surface area contributed by atoms with Gasteiger partial charge < -0.3 is 19.1 Å². The molecule has 4 atom stereocenters. The van der Waals surface area contributed by atoms with Crippen molar-refractivity contribution in [2.24, 2.45) is 18.9 Å². The van der Waals surface area contributed by atoms with Crippen molar-refractivity contribution in [3.05, 3.63) is 66.0 Å². The van der Waals surface area contributed by atoms with Crippen LogP contribution in [0.25, 0.3) is 0 Å². The van der Waals surface area contributed by atoms with Crippen LogP contribution in [-0.4, -0.2) is 56.5 Å². The molecule has 8 heteroatoms. The summed E-state index contributed by atoms with van der Waals surface area (Å²) in [6.07, 6.45) is 6.98. The Labute approximate surface area is 173 Å². The molecule has 30 heavy (non-hydrogen) atoms. The Morgan fingerprint density at radius 3 is 2.83 bits per heavy atom. The molecule has 2 aromatic rings. The van der Waals surface area contributed by atoms with Gasteiger partial charge in [0.25, 0.3) is 0 Å². The van der Waals surface area contributed by atoms with Crippen molar-refractivity contribution in [3.63, 3.8) is 0 Å². The zero-order chi connectivity index (χ0) is 21.0. The van der Waals surface area contributed by atoms with Gasteiger partial charge >= 0.3 is 0 Å². The Bertz CT molecular complexity index is 1030. The number of likely N-dealkylation sites (tertiary alicyclic amines) is 1. The van der Waals surface area contributed by atoms with Crippen molar-refractivity contribution in [1.29, 1.82) is 0 Å². The molecule has 156 valence electrons. The number of imidazole rings is 1. The Morgan fingerprint density at radius 2 is 2.13 bits per heavy atom. The van der Waals surface area contributed by atoms with Crippen LogP contribution in [0.4, 0.5) is 4.39 Å². The largest absolute Gasteiger partial charge is 0.360 e. The van der Waals surface area contributed by atoms with E-state index in [-0.39, 0.29) is 23.7 Å². The second-order valence-corrected chi connectivity index (χ2v) is 8.37. The molecular formula is C22H23FN4O3. The summed E-state index contributed by atoms with van der Waals surface area (Å²) in [5.41, 5.74) is 0.0843. The van der Waals surface area contributed by atoms with Gasteiger partial charge in [-0.15, -0.1) is 0 Å². The first-order chi connectivity index (χ1) is 14.4. The quantitative estimate of drug-likeness (QED) is 0.701. The summed E-state index contributed by atoms with van der Waals surface area (Å²) in [6, 6.07) is 6.11. The van der Waals surface area contributed by atoms with Crippen LogP contribution in [0.15, 0.2) is 48.8 Å². The summed E-state index contributed by atoms with van der Waals surface area (Å²) in [5, 5.41) is 0. The molecule has 0 unspecified atom stereocenters. The second-order valence-electron chi connectivity index (χ2n) is 8.37. The molecule has 4 heterocycles. The number of aromatic nitrogens is 2. The van der Waals surface area contributed by atoms with Gasteiger partial charge in [-0.2, -0.15) is 0 Å². The zero-order valence-corrected chi connectivity index (χ0v) is 16.9. The molecule has 3 aliphatic rings. The minimum absolute atomic E-state index is 0.0880. The number of benzene rings is 1. The smallest absolute Gasteiger partial charge is 0.230 e. The van der Waals surface area contributed by atoms with Gasteiger partial charge in [0.15, 0.2) is 0 Å². The molecule has 2 fully saturated rings. The van der Waals surface area contributed by atoms with Crippen LogP contribution in [0.1, 0.15) is 11.4 Å². The van der Waals surface area contributed by atoms with Crippen LogP contribution < -0.4 is 0 Å². The van der Waals surface area contributed by atoms with Crippen LogP contribution >= 0.6 is 0 Å². The molecule has 0 radical (unpaired) electrons.